The maximum atomic E-state index is 10.7. The average molecular weight is 293 g/mol. The lowest BCUT2D eigenvalue weighted by molar-refractivity contribution is 0.0167. The molecule has 1 atom stereocenters. The highest BCUT2D eigenvalue weighted by Gasteiger charge is 2.32. The number of aliphatic hydroxyl groups is 2. The molecule has 2 aromatic carbocycles. The Morgan fingerprint density at radius 3 is 2.12 bits per heavy atom. The maximum Gasteiger partial charge on any atom is 0.139 e. The van der Waals surface area contributed by atoms with Crippen LogP contribution >= 0.6 is 15.9 Å². The molecule has 2 rings (SSSR count). The molecule has 0 aliphatic carbocycles. The highest BCUT2D eigenvalue weighted by molar-refractivity contribution is 9.10. The lowest BCUT2D eigenvalue weighted by Gasteiger charge is -2.28. The Balaban J connectivity index is 2.56. The lowest BCUT2D eigenvalue weighted by Crippen LogP contribution is -2.32. The molecule has 0 saturated carbocycles. The summed E-state index contributed by atoms with van der Waals surface area (Å²) in [7, 11) is 0. The van der Waals surface area contributed by atoms with Crippen molar-refractivity contribution in [3.63, 3.8) is 0 Å². The van der Waals surface area contributed by atoms with Crippen molar-refractivity contribution in [3.05, 3.63) is 70.2 Å². The van der Waals surface area contributed by atoms with E-state index >= 15 is 0 Å². The molecule has 0 aliphatic rings. The molecule has 0 spiro atoms. The Morgan fingerprint density at radius 2 is 1.53 bits per heavy atom. The van der Waals surface area contributed by atoms with Crippen LogP contribution in [0.5, 0.6) is 0 Å². The van der Waals surface area contributed by atoms with Crippen molar-refractivity contribution < 1.29 is 10.2 Å². The monoisotopic (exact) mass is 292 g/mol. The smallest absolute Gasteiger partial charge is 0.139 e. The fourth-order valence-electron chi connectivity index (χ4n) is 1.84. The minimum Gasteiger partial charge on any atom is -0.393 e. The minimum absolute atomic E-state index is 0.361. The highest BCUT2D eigenvalue weighted by Crippen LogP contribution is 2.33. The van der Waals surface area contributed by atoms with Gasteiger partial charge in [0.05, 0.1) is 6.61 Å². The molecule has 0 bridgehead atoms. The summed E-state index contributed by atoms with van der Waals surface area (Å²) in [6.07, 6.45) is 0. The highest BCUT2D eigenvalue weighted by atomic mass is 79.9. The summed E-state index contributed by atoms with van der Waals surface area (Å²) in [4.78, 5) is 0. The van der Waals surface area contributed by atoms with Crippen molar-refractivity contribution in [1.82, 2.24) is 0 Å². The van der Waals surface area contributed by atoms with E-state index in [-0.39, 0.29) is 6.61 Å². The van der Waals surface area contributed by atoms with Gasteiger partial charge in [0.25, 0.3) is 0 Å². The topological polar surface area (TPSA) is 40.5 Å². The molecule has 17 heavy (non-hydrogen) atoms. The Morgan fingerprint density at radius 1 is 0.941 bits per heavy atom. The number of aliphatic hydroxyl groups excluding tert-OH is 1. The van der Waals surface area contributed by atoms with Gasteiger partial charge in [-0.2, -0.15) is 0 Å². The molecule has 0 saturated heterocycles. The second-order valence-electron chi connectivity index (χ2n) is 3.86. The Labute approximate surface area is 109 Å². The molecule has 2 N–H and O–H groups in total. The van der Waals surface area contributed by atoms with Crippen molar-refractivity contribution in [1.29, 1.82) is 0 Å². The molecule has 0 radical (unpaired) electrons. The largest absolute Gasteiger partial charge is 0.393 e. The van der Waals surface area contributed by atoms with Crippen LogP contribution in [0.4, 0.5) is 0 Å². The number of rotatable bonds is 3. The van der Waals surface area contributed by atoms with Gasteiger partial charge in [0, 0.05) is 10.0 Å². The van der Waals surface area contributed by atoms with E-state index in [4.69, 9.17) is 0 Å². The number of hydrogen-bond acceptors (Lipinski definition) is 2. The first kappa shape index (κ1) is 12.3. The van der Waals surface area contributed by atoms with Gasteiger partial charge < -0.3 is 10.2 Å². The van der Waals surface area contributed by atoms with Crippen LogP contribution in [-0.2, 0) is 5.60 Å². The van der Waals surface area contributed by atoms with E-state index in [2.05, 4.69) is 15.9 Å². The molecular weight excluding hydrogens is 280 g/mol. The number of hydrogen-bond donors (Lipinski definition) is 2. The van der Waals surface area contributed by atoms with E-state index in [1.807, 2.05) is 36.4 Å². The molecule has 1 unspecified atom stereocenters. The summed E-state index contributed by atoms with van der Waals surface area (Å²) in [5.74, 6) is 0. The van der Waals surface area contributed by atoms with Crippen LogP contribution in [0.3, 0.4) is 0 Å². The number of halogens is 1. The number of benzene rings is 2. The van der Waals surface area contributed by atoms with Crippen molar-refractivity contribution in [2.24, 2.45) is 0 Å². The van der Waals surface area contributed by atoms with E-state index < -0.39 is 5.60 Å². The summed E-state index contributed by atoms with van der Waals surface area (Å²) in [6, 6.07) is 16.5. The van der Waals surface area contributed by atoms with Gasteiger partial charge in [-0.1, -0.05) is 64.5 Å². The van der Waals surface area contributed by atoms with Crippen molar-refractivity contribution in [3.8, 4) is 0 Å². The molecule has 0 aromatic heterocycles. The summed E-state index contributed by atoms with van der Waals surface area (Å²) < 4.78 is 0.778. The van der Waals surface area contributed by atoms with Crippen molar-refractivity contribution >= 4 is 15.9 Å². The van der Waals surface area contributed by atoms with Gasteiger partial charge in [-0.15, -0.1) is 0 Å². The van der Waals surface area contributed by atoms with Gasteiger partial charge in [0.15, 0.2) is 0 Å². The first-order valence-electron chi connectivity index (χ1n) is 5.32. The van der Waals surface area contributed by atoms with E-state index in [9.17, 15) is 10.2 Å². The molecule has 0 heterocycles. The van der Waals surface area contributed by atoms with Crippen LogP contribution in [0.15, 0.2) is 59.1 Å². The van der Waals surface area contributed by atoms with Crippen LogP contribution in [0.1, 0.15) is 11.1 Å². The third-order valence-corrected chi connectivity index (χ3v) is 3.49. The Bertz CT molecular complexity index is 499. The van der Waals surface area contributed by atoms with Gasteiger partial charge in [-0.25, -0.2) is 0 Å². The molecule has 2 nitrogen and oxygen atoms in total. The summed E-state index contributed by atoms with van der Waals surface area (Å²) in [6.45, 7) is -0.361. The molecule has 0 aliphatic heterocycles. The SMILES string of the molecule is OCC(O)(c1ccccc1)c1ccccc1Br. The zero-order chi connectivity index (χ0) is 12.3. The summed E-state index contributed by atoms with van der Waals surface area (Å²) in [5, 5.41) is 20.2. The third kappa shape index (κ3) is 2.27. The van der Waals surface area contributed by atoms with Crippen molar-refractivity contribution in [2.45, 2.75) is 5.60 Å². The fourth-order valence-corrected chi connectivity index (χ4v) is 2.46. The first-order chi connectivity index (χ1) is 8.18. The van der Waals surface area contributed by atoms with E-state index in [0.29, 0.717) is 11.1 Å². The van der Waals surface area contributed by atoms with Gasteiger partial charge in [-0.3, -0.25) is 0 Å². The second kappa shape index (κ2) is 5.00. The lowest BCUT2D eigenvalue weighted by atomic mass is 9.87. The molecule has 0 fully saturated rings. The van der Waals surface area contributed by atoms with Gasteiger partial charge in [0.2, 0.25) is 0 Å². The minimum atomic E-state index is -1.37. The first-order valence-corrected chi connectivity index (χ1v) is 6.11. The van der Waals surface area contributed by atoms with E-state index in [0.717, 1.165) is 4.47 Å². The normalized spacial score (nSPS) is 14.3. The summed E-state index contributed by atoms with van der Waals surface area (Å²) in [5.41, 5.74) is -0.0375. The predicted molar refractivity (Wildman–Crippen MR) is 70.7 cm³/mol. The van der Waals surface area contributed by atoms with Crippen molar-refractivity contribution in [2.75, 3.05) is 6.61 Å². The van der Waals surface area contributed by atoms with Crippen LogP contribution in [0.2, 0.25) is 0 Å². The molecule has 0 amide bonds. The quantitative estimate of drug-likeness (QED) is 0.913. The molecule has 3 heteroatoms. The standard InChI is InChI=1S/C14H13BrO2/c15-13-9-5-4-8-12(13)14(17,10-16)11-6-2-1-3-7-11/h1-9,16-17H,10H2. The van der Waals surface area contributed by atoms with Crippen LogP contribution in [-0.4, -0.2) is 16.8 Å². The zero-order valence-electron chi connectivity index (χ0n) is 9.18. The molecule has 2 aromatic rings. The van der Waals surface area contributed by atoms with Gasteiger partial charge in [0.1, 0.15) is 5.60 Å². The van der Waals surface area contributed by atoms with E-state index in [1.165, 1.54) is 0 Å². The van der Waals surface area contributed by atoms with Gasteiger partial charge in [-0.05, 0) is 11.6 Å². The fraction of sp³-hybridized carbons (Fsp3) is 0.143. The predicted octanol–water partition coefficient (Wildman–Crippen LogP) is 2.68. The van der Waals surface area contributed by atoms with E-state index in [1.54, 1.807) is 18.2 Å². The molecular formula is C14H13BrO2. The second-order valence-corrected chi connectivity index (χ2v) is 4.72. The van der Waals surface area contributed by atoms with Crippen LogP contribution in [0.25, 0.3) is 0 Å². The summed E-state index contributed by atoms with van der Waals surface area (Å²) >= 11 is 3.40. The van der Waals surface area contributed by atoms with Crippen LogP contribution in [0, 0.1) is 0 Å². The molecule has 88 valence electrons. The van der Waals surface area contributed by atoms with Crippen LogP contribution < -0.4 is 0 Å². The average Bonchev–Trinajstić information content (AvgIpc) is 2.39. The third-order valence-electron chi connectivity index (χ3n) is 2.80. The Hall–Kier alpha value is -1.16. The zero-order valence-corrected chi connectivity index (χ0v) is 10.8. The maximum absolute atomic E-state index is 10.7. The Kier molecular flexibility index (Phi) is 3.62. The van der Waals surface area contributed by atoms with Gasteiger partial charge >= 0.3 is 0 Å².